The van der Waals surface area contributed by atoms with E-state index in [1.54, 1.807) is 56.3 Å². The van der Waals surface area contributed by atoms with Crippen molar-refractivity contribution in [1.82, 2.24) is 14.9 Å². The number of ether oxygens (including phenoxy) is 2. The lowest BCUT2D eigenvalue weighted by atomic mass is 10.00. The van der Waals surface area contributed by atoms with Crippen LogP contribution in [0, 0.1) is 5.92 Å². The molecule has 3 rings (SSSR count). The number of hydrogen-bond acceptors (Lipinski definition) is 11. The first-order valence-electron chi connectivity index (χ1n) is 17.5. The molecule has 0 aliphatic heterocycles. The highest BCUT2D eigenvalue weighted by molar-refractivity contribution is 7.89. The molecule has 1 unspecified atom stereocenters. The van der Waals surface area contributed by atoms with E-state index in [9.17, 15) is 32.8 Å². The van der Waals surface area contributed by atoms with Gasteiger partial charge in [-0.05, 0) is 73.2 Å². The van der Waals surface area contributed by atoms with Crippen LogP contribution < -0.4 is 19.9 Å². The molecular formula is C37H52N3O11PS. The van der Waals surface area contributed by atoms with Gasteiger partial charge in [-0.3, -0.25) is 4.52 Å². The first-order valence-corrected chi connectivity index (χ1v) is 20.6. The summed E-state index contributed by atoms with van der Waals surface area (Å²) in [7, 11) is -6.34. The van der Waals surface area contributed by atoms with Gasteiger partial charge >= 0.3 is 19.7 Å². The molecule has 0 saturated carbocycles. The summed E-state index contributed by atoms with van der Waals surface area (Å²) in [6.45, 7) is 7.66. The summed E-state index contributed by atoms with van der Waals surface area (Å²) >= 11 is 0. The Balaban J connectivity index is 1.66. The Morgan fingerprint density at radius 3 is 2.11 bits per heavy atom. The molecule has 3 aromatic carbocycles. The number of carbonyl (C=O) groups is 2. The Morgan fingerprint density at radius 1 is 0.906 bits per heavy atom. The number of amides is 1. The summed E-state index contributed by atoms with van der Waals surface area (Å²) in [5.41, 5.74) is 1.57. The molecule has 0 aromatic heterocycles. The fourth-order valence-corrected chi connectivity index (χ4v) is 8.68. The molecule has 3 aromatic rings. The number of rotatable bonds is 23. The fourth-order valence-electron chi connectivity index (χ4n) is 5.32. The van der Waals surface area contributed by atoms with E-state index < -0.39 is 47.9 Å². The number of esters is 1. The number of sulfonamides is 1. The van der Waals surface area contributed by atoms with Crippen LogP contribution in [0.5, 0.6) is 11.5 Å². The summed E-state index contributed by atoms with van der Waals surface area (Å²) in [6, 6.07) is 20.7. The van der Waals surface area contributed by atoms with Crippen molar-refractivity contribution in [3.63, 3.8) is 0 Å². The highest BCUT2D eigenvalue weighted by atomic mass is 32.2. The lowest BCUT2D eigenvalue weighted by Crippen LogP contribution is -2.50. The maximum Gasteiger partial charge on any atom is 0.404 e. The monoisotopic (exact) mass is 777 g/mol. The molecule has 1 amide bonds. The smallest absolute Gasteiger partial charge is 0.404 e. The molecule has 0 saturated heterocycles. The van der Waals surface area contributed by atoms with Crippen molar-refractivity contribution in [2.75, 3.05) is 39.5 Å². The van der Waals surface area contributed by atoms with Gasteiger partial charge in [0.15, 0.2) is 6.10 Å². The topological polar surface area (TPSA) is 190 Å². The van der Waals surface area contributed by atoms with E-state index in [-0.39, 0.29) is 56.1 Å². The lowest BCUT2D eigenvalue weighted by Gasteiger charge is -2.30. The molecule has 0 aliphatic rings. The first-order chi connectivity index (χ1) is 25.2. The van der Waals surface area contributed by atoms with E-state index in [1.165, 1.54) is 35.7 Å². The van der Waals surface area contributed by atoms with E-state index >= 15 is 0 Å². The lowest BCUT2D eigenvalue weighted by molar-refractivity contribution is -0.151. The van der Waals surface area contributed by atoms with Crippen LogP contribution in [0.25, 0.3) is 0 Å². The molecule has 0 aliphatic carbocycles. The third-order valence-corrected chi connectivity index (χ3v) is 11.7. The van der Waals surface area contributed by atoms with E-state index in [2.05, 4.69) is 10.6 Å². The molecule has 16 heteroatoms. The summed E-state index contributed by atoms with van der Waals surface area (Å²) in [6.07, 6.45) is -3.46. The van der Waals surface area contributed by atoms with Gasteiger partial charge in [-0.2, -0.15) is 4.31 Å². The second kappa shape index (κ2) is 21.0. The zero-order valence-electron chi connectivity index (χ0n) is 30.8. The minimum absolute atomic E-state index is 0.0268. The van der Waals surface area contributed by atoms with Gasteiger partial charge in [0.2, 0.25) is 10.0 Å². The van der Waals surface area contributed by atoms with Crippen LogP contribution in [-0.4, -0.2) is 92.8 Å². The standard InChI is InChI=1S/C37H52N3O11PS/c1-6-35(36(42)49-7-2)51-52(45,50-31-11-9-8-10-12-31)22-21-38-24-29-15-13-28(14-16-29)23-33(39-37(43)44)34(41)26-40(25-27(3)4)53(46,47)32-19-17-30(48-5)18-20-32/h8-20,27,33-35,38-39,41H,6-7,21-26H2,1-5H3,(H,43,44)/t33-,34+,35-,52?/m0/s1. The number of hydrogen-bond donors (Lipinski definition) is 4. The summed E-state index contributed by atoms with van der Waals surface area (Å²) < 4.78 is 63.9. The summed E-state index contributed by atoms with van der Waals surface area (Å²) in [4.78, 5) is 24.1. The van der Waals surface area contributed by atoms with Gasteiger partial charge in [-0.15, -0.1) is 0 Å². The van der Waals surface area contributed by atoms with Crippen LogP contribution in [0.4, 0.5) is 4.79 Å². The quantitative estimate of drug-likeness (QED) is 0.0553. The van der Waals surface area contributed by atoms with Gasteiger partial charge in [-0.1, -0.05) is 63.2 Å². The van der Waals surface area contributed by atoms with Crippen LogP contribution in [0.1, 0.15) is 45.2 Å². The van der Waals surface area contributed by atoms with E-state index in [0.29, 0.717) is 23.6 Å². The van der Waals surface area contributed by atoms with Crippen molar-refractivity contribution >= 4 is 29.7 Å². The van der Waals surface area contributed by atoms with Gasteiger partial charge in [0, 0.05) is 26.2 Å². The van der Waals surface area contributed by atoms with Crippen molar-refractivity contribution in [2.45, 2.75) is 70.2 Å². The summed E-state index contributed by atoms with van der Waals surface area (Å²) in [5.74, 6) is 0.154. The minimum Gasteiger partial charge on any atom is -0.497 e. The number of aliphatic hydroxyl groups excluding tert-OH is 1. The fraction of sp³-hybridized carbons (Fsp3) is 0.459. The van der Waals surface area contributed by atoms with Crippen molar-refractivity contribution in [3.8, 4) is 11.5 Å². The number of aliphatic hydroxyl groups is 1. The highest BCUT2D eigenvalue weighted by Crippen LogP contribution is 2.49. The number of carboxylic acid groups (broad SMARTS) is 1. The summed E-state index contributed by atoms with van der Waals surface area (Å²) in [5, 5.41) is 26.4. The molecule has 0 fully saturated rings. The highest BCUT2D eigenvalue weighted by Gasteiger charge is 2.34. The third-order valence-electron chi connectivity index (χ3n) is 8.00. The molecule has 4 atom stereocenters. The van der Waals surface area contributed by atoms with Crippen molar-refractivity contribution in [3.05, 3.63) is 90.0 Å². The van der Waals surface area contributed by atoms with Crippen molar-refractivity contribution in [1.29, 1.82) is 0 Å². The largest absolute Gasteiger partial charge is 0.497 e. The molecule has 0 radical (unpaired) electrons. The van der Waals surface area contributed by atoms with E-state index in [4.69, 9.17) is 18.5 Å². The van der Waals surface area contributed by atoms with E-state index in [1.807, 2.05) is 26.0 Å². The zero-order valence-corrected chi connectivity index (χ0v) is 32.6. The molecule has 0 bridgehead atoms. The maximum absolute atomic E-state index is 13.8. The average molecular weight is 778 g/mol. The zero-order chi connectivity index (χ0) is 39.0. The number of nitrogens with zero attached hydrogens (tertiary/aromatic N) is 1. The Bertz CT molecular complexity index is 1730. The predicted molar refractivity (Wildman–Crippen MR) is 201 cm³/mol. The van der Waals surface area contributed by atoms with E-state index in [0.717, 1.165) is 5.56 Å². The Kier molecular flexibility index (Phi) is 17.2. The molecule has 14 nitrogen and oxygen atoms in total. The van der Waals surface area contributed by atoms with Crippen LogP contribution in [-0.2, 0) is 41.6 Å². The van der Waals surface area contributed by atoms with Gasteiger partial charge in [-0.25, -0.2) is 22.6 Å². The van der Waals surface area contributed by atoms with Crippen molar-refractivity contribution in [2.24, 2.45) is 5.92 Å². The number of para-hydroxylation sites is 1. The molecule has 4 N–H and O–H groups in total. The van der Waals surface area contributed by atoms with Crippen LogP contribution in [0.2, 0.25) is 0 Å². The average Bonchev–Trinajstić information content (AvgIpc) is 3.12. The first kappa shape index (κ1) is 43.4. The Hall–Kier alpha value is -3.98. The van der Waals surface area contributed by atoms with Gasteiger partial charge in [0.05, 0.1) is 36.9 Å². The number of carbonyl (C=O) groups excluding carboxylic acids is 1. The second-order valence-electron chi connectivity index (χ2n) is 12.7. The van der Waals surface area contributed by atoms with Gasteiger partial charge in [0.25, 0.3) is 0 Å². The maximum atomic E-state index is 13.8. The van der Waals surface area contributed by atoms with Crippen LogP contribution >= 0.6 is 7.60 Å². The SMILES string of the molecule is CCOC(=O)[C@H](CC)OP(=O)(CCNCc1ccc(C[C@H](NC(=O)O)[C@H](O)CN(CC(C)C)S(=O)(=O)c2ccc(OC)cc2)cc1)Oc1ccccc1. The Labute approximate surface area is 312 Å². The van der Waals surface area contributed by atoms with Gasteiger partial charge in [0.1, 0.15) is 11.5 Å². The number of methoxy groups -OCH3 is 1. The predicted octanol–water partition coefficient (Wildman–Crippen LogP) is 5.30. The van der Waals surface area contributed by atoms with Crippen molar-refractivity contribution < 1.29 is 51.3 Å². The normalized spacial score (nSPS) is 14.6. The number of nitrogens with one attached hydrogen (secondary N) is 2. The second-order valence-corrected chi connectivity index (χ2v) is 16.7. The van der Waals surface area contributed by atoms with Gasteiger partial charge < -0.3 is 34.8 Å². The minimum atomic E-state index is -4.03. The third kappa shape index (κ3) is 14.1. The molecule has 0 heterocycles. The number of benzene rings is 3. The van der Waals surface area contributed by atoms with Crippen LogP contribution in [0.3, 0.4) is 0 Å². The molecular weight excluding hydrogens is 725 g/mol. The molecule has 0 spiro atoms. The molecule has 53 heavy (non-hydrogen) atoms. The van der Waals surface area contributed by atoms with Crippen LogP contribution in [0.15, 0.2) is 83.8 Å². The molecule has 292 valence electrons. The Morgan fingerprint density at radius 2 is 1.55 bits per heavy atom.